The number of unbranched alkanes of at least 4 members (excludes halogenated alkanes) is 2. The van der Waals surface area contributed by atoms with E-state index in [0.29, 0.717) is 17.9 Å². The molecule has 0 saturated heterocycles. The third kappa shape index (κ3) is 6.54. The minimum Gasteiger partial charge on any atom is -0.478 e. The number of hydrogen-bond donors (Lipinski definition) is 1. The van der Waals surface area contributed by atoms with Crippen LogP contribution in [0, 0.1) is 5.92 Å². The molecule has 0 atom stereocenters. The Morgan fingerprint density at radius 1 is 1.00 bits per heavy atom. The third-order valence-corrected chi connectivity index (χ3v) is 6.84. The van der Waals surface area contributed by atoms with Gasteiger partial charge in [-0.1, -0.05) is 75.9 Å². The van der Waals surface area contributed by atoms with Crippen LogP contribution in [0.3, 0.4) is 0 Å². The first kappa shape index (κ1) is 24.2. The number of halogens is 1. The fourth-order valence-corrected chi connectivity index (χ4v) is 4.96. The lowest BCUT2D eigenvalue weighted by molar-refractivity contribution is 0.0697. The van der Waals surface area contributed by atoms with E-state index >= 15 is 0 Å². The largest absolute Gasteiger partial charge is 0.478 e. The molecule has 1 saturated carbocycles. The SMILES string of the molecule is CCCCCC1CCC(c2ccc(C(=O)O)c(-c3ccc(/C=C(/F)CCC)cc3)c2)CC1. The molecule has 32 heavy (non-hydrogen) atoms. The molecule has 0 bridgehead atoms. The Hall–Kier alpha value is -2.42. The molecule has 3 rings (SSSR count). The second-order valence-electron chi connectivity index (χ2n) is 9.29. The van der Waals surface area contributed by atoms with E-state index in [-0.39, 0.29) is 5.83 Å². The summed E-state index contributed by atoms with van der Waals surface area (Å²) < 4.78 is 13.8. The zero-order valence-electron chi connectivity index (χ0n) is 19.6. The van der Waals surface area contributed by atoms with E-state index < -0.39 is 5.97 Å². The summed E-state index contributed by atoms with van der Waals surface area (Å²) in [5.41, 5.74) is 3.99. The van der Waals surface area contributed by atoms with Crippen LogP contribution in [0.2, 0.25) is 0 Å². The maximum atomic E-state index is 13.8. The van der Waals surface area contributed by atoms with Gasteiger partial charge in [0.1, 0.15) is 5.83 Å². The summed E-state index contributed by atoms with van der Waals surface area (Å²) >= 11 is 0. The first-order chi connectivity index (χ1) is 15.5. The Labute approximate surface area is 192 Å². The van der Waals surface area contributed by atoms with Crippen LogP contribution in [0.5, 0.6) is 0 Å². The first-order valence-electron chi connectivity index (χ1n) is 12.4. The molecule has 1 aliphatic rings. The van der Waals surface area contributed by atoms with Crippen molar-refractivity contribution in [3.63, 3.8) is 0 Å². The van der Waals surface area contributed by atoms with Gasteiger partial charge < -0.3 is 5.11 Å². The Morgan fingerprint density at radius 2 is 1.72 bits per heavy atom. The zero-order valence-corrected chi connectivity index (χ0v) is 19.6. The Bertz CT molecular complexity index is 905. The highest BCUT2D eigenvalue weighted by atomic mass is 19.1. The van der Waals surface area contributed by atoms with Crippen LogP contribution in [0.25, 0.3) is 17.2 Å². The molecule has 0 radical (unpaired) electrons. The van der Waals surface area contributed by atoms with Crippen LogP contribution in [-0.4, -0.2) is 11.1 Å². The monoisotopic (exact) mass is 436 g/mol. The van der Waals surface area contributed by atoms with E-state index in [1.165, 1.54) is 56.9 Å². The van der Waals surface area contributed by atoms with Crippen LogP contribution in [-0.2, 0) is 0 Å². The predicted octanol–water partition coefficient (Wildman–Crippen LogP) is 9.02. The average molecular weight is 437 g/mol. The molecule has 2 aromatic rings. The van der Waals surface area contributed by atoms with E-state index in [0.717, 1.165) is 29.0 Å². The fraction of sp³-hybridized carbons (Fsp3) is 0.483. The number of hydrogen-bond acceptors (Lipinski definition) is 1. The van der Waals surface area contributed by atoms with E-state index in [1.54, 1.807) is 12.1 Å². The molecule has 172 valence electrons. The molecule has 0 spiro atoms. The van der Waals surface area contributed by atoms with E-state index in [1.807, 2.05) is 37.3 Å². The van der Waals surface area contributed by atoms with Crippen molar-refractivity contribution in [3.8, 4) is 11.1 Å². The summed E-state index contributed by atoms with van der Waals surface area (Å²) in [4.78, 5) is 11.9. The molecule has 0 amide bonds. The van der Waals surface area contributed by atoms with Gasteiger partial charge in [0.15, 0.2) is 0 Å². The molecule has 3 heteroatoms. The summed E-state index contributed by atoms with van der Waals surface area (Å²) in [5, 5.41) is 9.74. The van der Waals surface area contributed by atoms with Crippen LogP contribution >= 0.6 is 0 Å². The van der Waals surface area contributed by atoms with Gasteiger partial charge in [-0.25, -0.2) is 9.18 Å². The number of benzene rings is 2. The normalized spacial score (nSPS) is 19.2. The van der Waals surface area contributed by atoms with Crippen LogP contribution in [0.4, 0.5) is 4.39 Å². The molecule has 1 aliphatic carbocycles. The number of carbonyl (C=O) groups is 1. The van der Waals surface area contributed by atoms with Crippen molar-refractivity contribution in [1.82, 2.24) is 0 Å². The van der Waals surface area contributed by atoms with Gasteiger partial charge in [-0.2, -0.15) is 0 Å². The topological polar surface area (TPSA) is 37.3 Å². The standard InChI is InChI=1S/C29H37FO2/c1-3-5-6-8-21-9-13-23(14-10-21)25-17-18-27(29(31)32)28(20-25)24-15-11-22(12-16-24)19-26(30)7-4-2/h11-12,15-21,23H,3-10,13-14H2,1-2H3,(H,31,32)/b26-19+. The molecule has 2 nitrogen and oxygen atoms in total. The van der Waals surface area contributed by atoms with Crippen LogP contribution in [0.1, 0.15) is 105 Å². The molecule has 0 unspecified atom stereocenters. The molecular formula is C29H37FO2. The third-order valence-electron chi connectivity index (χ3n) is 6.84. The van der Waals surface area contributed by atoms with Crippen LogP contribution < -0.4 is 0 Å². The van der Waals surface area contributed by atoms with Crippen molar-refractivity contribution in [1.29, 1.82) is 0 Å². The number of rotatable bonds is 10. The van der Waals surface area contributed by atoms with Crippen molar-refractivity contribution in [3.05, 3.63) is 65.0 Å². The molecule has 1 fully saturated rings. The van der Waals surface area contributed by atoms with Crippen molar-refractivity contribution in [2.24, 2.45) is 5.92 Å². The molecular weight excluding hydrogens is 399 g/mol. The minimum atomic E-state index is -0.913. The second kappa shape index (κ2) is 12.0. The van der Waals surface area contributed by atoms with E-state index in [2.05, 4.69) is 13.0 Å². The highest BCUT2D eigenvalue weighted by molar-refractivity contribution is 5.96. The number of carboxylic acid groups (broad SMARTS) is 1. The van der Waals surface area contributed by atoms with Crippen molar-refractivity contribution < 1.29 is 14.3 Å². The lowest BCUT2D eigenvalue weighted by atomic mass is 9.76. The smallest absolute Gasteiger partial charge is 0.336 e. The highest BCUT2D eigenvalue weighted by Crippen LogP contribution is 2.39. The van der Waals surface area contributed by atoms with Gasteiger partial charge in [0, 0.05) is 0 Å². The number of carboxylic acids is 1. The molecule has 0 heterocycles. The summed E-state index contributed by atoms with van der Waals surface area (Å²) in [6.45, 7) is 4.21. The quantitative estimate of drug-likeness (QED) is 0.377. The van der Waals surface area contributed by atoms with Gasteiger partial charge in [-0.15, -0.1) is 0 Å². The van der Waals surface area contributed by atoms with Gasteiger partial charge in [0.25, 0.3) is 0 Å². The minimum absolute atomic E-state index is 0.126. The van der Waals surface area contributed by atoms with Crippen molar-refractivity contribution in [2.75, 3.05) is 0 Å². The van der Waals surface area contributed by atoms with E-state index in [4.69, 9.17) is 0 Å². The number of aromatic carboxylic acids is 1. The van der Waals surface area contributed by atoms with Gasteiger partial charge >= 0.3 is 5.97 Å². The maximum Gasteiger partial charge on any atom is 0.336 e. The lowest BCUT2D eigenvalue weighted by Crippen LogP contribution is -2.14. The Balaban J connectivity index is 1.77. The summed E-state index contributed by atoms with van der Waals surface area (Å²) in [6.07, 6.45) is 13.0. The lowest BCUT2D eigenvalue weighted by Gasteiger charge is -2.29. The average Bonchev–Trinajstić information content (AvgIpc) is 2.80. The molecule has 0 aliphatic heterocycles. The Kier molecular flexibility index (Phi) is 9.08. The maximum absolute atomic E-state index is 13.8. The molecule has 0 aromatic heterocycles. The summed E-state index contributed by atoms with van der Waals surface area (Å²) in [6, 6.07) is 13.4. The molecule has 1 N–H and O–H groups in total. The van der Waals surface area contributed by atoms with Gasteiger partial charge in [0.05, 0.1) is 5.56 Å². The summed E-state index contributed by atoms with van der Waals surface area (Å²) in [7, 11) is 0. The zero-order chi connectivity index (χ0) is 22.9. The Morgan fingerprint density at radius 3 is 2.34 bits per heavy atom. The van der Waals surface area contributed by atoms with Crippen molar-refractivity contribution >= 4 is 12.0 Å². The van der Waals surface area contributed by atoms with Gasteiger partial charge in [-0.05, 0) is 84.8 Å². The second-order valence-corrected chi connectivity index (χ2v) is 9.29. The summed E-state index contributed by atoms with van der Waals surface area (Å²) in [5.74, 6) is 0.316. The number of allylic oxidation sites excluding steroid dienone is 1. The molecule has 2 aromatic carbocycles. The fourth-order valence-electron chi connectivity index (χ4n) is 4.96. The highest BCUT2D eigenvalue weighted by Gasteiger charge is 2.23. The van der Waals surface area contributed by atoms with Gasteiger partial charge in [-0.3, -0.25) is 0 Å². The van der Waals surface area contributed by atoms with Crippen molar-refractivity contribution in [2.45, 2.75) is 84.0 Å². The van der Waals surface area contributed by atoms with Gasteiger partial charge in [0.2, 0.25) is 0 Å². The van der Waals surface area contributed by atoms with E-state index in [9.17, 15) is 14.3 Å². The van der Waals surface area contributed by atoms with Crippen LogP contribution in [0.15, 0.2) is 48.3 Å². The first-order valence-corrected chi connectivity index (χ1v) is 12.4. The predicted molar refractivity (Wildman–Crippen MR) is 132 cm³/mol.